The van der Waals surface area contributed by atoms with Crippen LogP contribution in [0.25, 0.3) is 6.08 Å². The molecule has 0 bridgehead atoms. The van der Waals surface area contributed by atoms with Gasteiger partial charge in [0.25, 0.3) is 0 Å². The van der Waals surface area contributed by atoms with Crippen LogP contribution in [0.3, 0.4) is 0 Å². The van der Waals surface area contributed by atoms with Crippen molar-refractivity contribution in [2.75, 3.05) is 6.61 Å². The lowest BCUT2D eigenvalue weighted by Crippen LogP contribution is -2.60. The number of benzene rings is 1. The zero-order valence-corrected chi connectivity index (χ0v) is 19.5. The summed E-state index contributed by atoms with van der Waals surface area (Å²) in [4.78, 5) is 24.3. The third kappa shape index (κ3) is 5.54. The second-order valence-corrected chi connectivity index (χ2v) is 9.01. The van der Waals surface area contributed by atoms with E-state index in [9.17, 15) is 40.2 Å². The third-order valence-electron chi connectivity index (χ3n) is 6.69. The zero-order valence-electron chi connectivity index (χ0n) is 19.5. The van der Waals surface area contributed by atoms with Crippen molar-refractivity contribution in [1.29, 1.82) is 0 Å². The number of aliphatic hydroxyl groups is 4. The van der Waals surface area contributed by atoms with Crippen molar-refractivity contribution >= 4 is 18.0 Å². The molecule has 1 saturated carbocycles. The number of aliphatic carboxylic acids is 1. The van der Waals surface area contributed by atoms with Crippen LogP contribution in [-0.4, -0.2) is 92.3 Å². The minimum absolute atomic E-state index is 0.0783. The van der Waals surface area contributed by atoms with Gasteiger partial charge in [0, 0.05) is 12.0 Å². The first-order valence-electron chi connectivity index (χ1n) is 11.5. The van der Waals surface area contributed by atoms with E-state index in [4.69, 9.17) is 18.9 Å². The third-order valence-corrected chi connectivity index (χ3v) is 6.69. The highest BCUT2D eigenvalue weighted by Gasteiger charge is 2.53. The van der Waals surface area contributed by atoms with Gasteiger partial charge in [0.2, 0.25) is 6.29 Å². The summed E-state index contributed by atoms with van der Waals surface area (Å²) in [5, 5.41) is 58.7. The molecule has 9 unspecified atom stereocenters. The smallest absolute Gasteiger partial charge is 0.334 e. The molecular formula is C25H28O12. The van der Waals surface area contributed by atoms with Crippen LogP contribution >= 0.6 is 0 Å². The first kappa shape index (κ1) is 26.8. The number of ether oxygens (including phenoxy) is 4. The molecule has 1 aliphatic carbocycles. The number of phenolic OH excluding ortho intramolecular Hbond substituents is 1. The Hall–Kier alpha value is -3.26. The van der Waals surface area contributed by atoms with Crippen molar-refractivity contribution < 1.29 is 59.2 Å². The van der Waals surface area contributed by atoms with E-state index in [2.05, 4.69) is 6.58 Å². The van der Waals surface area contributed by atoms with Crippen molar-refractivity contribution in [2.24, 2.45) is 11.8 Å². The minimum Gasteiger partial charge on any atom is -0.508 e. The van der Waals surface area contributed by atoms with E-state index in [0.717, 1.165) is 6.26 Å². The summed E-state index contributed by atoms with van der Waals surface area (Å²) < 4.78 is 22.1. The SMILES string of the molecule is C=C1C(OC(=O)/C=C/c2ccc(O)cc2)CC2C(C(=O)O)=COC(OC3OC(CO)C(O)C(O)C3O)C12. The Labute approximate surface area is 211 Å². The molecule has 1 aromatic rings. The van der Waals surface area contributed by atoms with E-state index in [1.54, 1.807) is 12.1 Å². The monoisotopic (exact) mass is 520 g/mol. The van der Waals surface area contributed by atoms with Crippen LogP contribution in [0.2, 0.25) is 0 Å². The van der Waals surface area contributed by atoms with Crippen LogP contribution < -0.4 is 0 Å². The molecule has 0 radical (unpaired) electrons. The normalized spacial score (nSPS) is 35.5. The Bertz CT molecular complexity index is 1080. The van der Waals surface area contributed by atoms with E-state index in [0.29, 0.717) is 11.1 Å². The summed E-state index contributed by atoms with van der Waals surface area (Å²) in [7, 11) is 0. The van der Waals surface area contributed by atoms with Crippen molar-refractivity contribution in [3.8, 4) is 5.75 Å². The zero-order chi connectivity index (χ0) is 26.9. The van der Waals surface area contributed by atoms with Crippen molar-refractivity contribution in [2.45, 2.75) is 49.5 Å². The molecule has 3 aliphatic rings. The lowest BCUT2D eigenvalue weighted by Gasteiger charge is -2.42. The molecule has 0 amide bonds. The predicted molar refractivity (Wildman–Crippen MR) is 123 cm³/mol. The Morgan fingerprint density at radius 3 is 2.43 bits per heavy atom. The summed E-state index contributed by atoms with van der Waals surface area (Å²) in [6.07, 6.45) is -6.05. The molecule has 200 valence electrons. The van der Waals surface area contributed by atoms with Crippen LogP contribution in [0.1, 0.15) is 12.0 Å². The van der Waals surface area contributed by atoms with Crippen LogP contribution in [-0.2, 0) is 28.5 Å². The van der Waals surface area contributed by atoms with Gasteiger partial charge in [-0.2, -0.15) is 0 Å². The second-order valence-electron chi connectivity index (χ2n) is 9.01. The van der Waals surface area contributed by atoms with Gasteiger partial charge in [-0.15, -0.1) is 0 Å². The Morgan fingerprint density at radius 1 is 1.08 bits per heavy atom. The van der Waals surface area contributed by atoms with Gasteiger partial charge >= 0.3 is 11.9 Å². The lowest BCUT2D eigenvalue weighted by atomic mass is 9.85. The molecule has 2 fully saturated rings. The van der Waals surface area contributed by atoms with Crippen molar-refractivity contribution in [3.63, 3.8) is 0 Å². The molecule has 9 atom stereocenters. The molecule has 2 heterocycles. The van der Waals surface area contributed by atoms with Crippen LogP contribution in [0.15, 0.2) is 54.3 Å². The van der Waals surface area contributed by atoms with Crippen molar-refractivity contribution in [1.82, 2.24) is 0 Å². The number of fused-ring (bicyclic) bond motifs is 1. The quantitative estimate of drug-likeness (QED) is 0.156. The van der Waals surface area contributed by atoms with Gasteiger partial charge in [0.1, 0.15) is 36.3 Å². The number of carbonyl (C=O) groups is 2. The van der Waals surface area contributed by atoms with Crippen molar-refractivity contribution in [3.05, 3.63) is 59.9 Å². The highest BCUT2D eigenvalue weighted by atomic mass is 16.8. The maximum atomic E-state index is 12.5. The first-order valence-corrected chi connectivity index (χ1v) is 11.5. The molecular weight excluding hydrogens is 492 g/mol. The summed E-state index contributed by atoms with van der Waals surface area (Å²) >= 11 is 0. The molecule has 12 heteroatoms. The van der Waals surface area contributed by atoms with E-state index < -0.39 is 73.5 Å². The van der Waals surface area contributed by atoms with Gasteiger partial charge in [-0.05, 0) is 35.8 Å². The van der Waals surface area contributed by atoms with Gasteiger partial charge in [-0.1, -0.05) is 18.7 Å². The number of phenols is 1. The lowest BCUT2D eigenvalue weighted by molar-refractivity contribution is -0.339. The molecule has 1 aromatic carbocycles. The number of rotatable bonds is 7. The van der Waals surface area contributed by atoms with Gasteiger partial charge in [-0.3, -0.25) is 0 Å². The summed E-state index contributed by atoms with van der Waals surface area (Å²) in [6, 6.07) is 6.13. The highest BCUT2D eigenvalue weighted by molar-refractivity contribution is 5.88. The molecule has 6 N–H and O–H groups in total. The maximum absolute atomic E-state index is 12.5. The molecule has 0 spiro atoms. The van der Waals surface area contributed by atoms with Gasteiger partial charge in [-0.25, -0.2) is 9.59 Å². The van der Waals surface area contributed by atoms with Crippen LogP contribution in [0.4, 0.5) is 0 Å². The first-order chi connectivity index (χ1) is 17.6. The van der Waals surface area contributed by atoms with Crippen LogP contribution in [0.5, 0.6) is 5.75 Å². The van der Waals surface area contributed by atoms with E-state index in [1.807, 2.05) is 0 Å². The Morgan fingerprint density at radius 2 is 1.78 bits per heavy atom. The van der Waals surface area contributed by atoms with E-state index >= 15 is 0 Å². The number of aliphatic hydroxyl groups excluding tert-OH is 4. The number of hydrogen-bond acceptors (Lipinski definition) is 11. The summed E-state index contributed by atoms with van der Waals surface area (Å²) in [5.74, 6) is -3.40. The van der Waals surface area contributed by atoms with Gasteiger partial charge in [0.05, 0.1) is 24.4 Å². The fourth-order valence-corrected chi connectivity index (χ4v) is 4.69. The minimum atomic E-state index is -1.70. The molecule has 12 nitrogen and oxygen atoms in total. The Balaban J connectivity index is 1.49. The topological polar surface area (TPSA) is 192 Å². The average molecular weight is 520 g/mol. The average Bonchev–Trinajstić information content (AvgIpc) is 3.19. The fraction of sp³-hybridized carbons (Fsp3) is 0.440. The molecule has 4 rings (SSSR count). The van der Waals surface area contributed by atoms with Gasteiger partial charge < -0.3 is 49.6 Å². The number of carboxylic acid groups (broad SMARTS) is 1. The van der Waals surface area contributed by atoms with E-state index in [1.165, 1.54) is 24.3 Å². The van der Waals surface area contributed by atoms with E-state index in [-0.39, 0.29) is 17.7 Å². The summed E-state index contributed by atoms with van der Waals surface area (Å²) in [6.45, 7) is 3.31. The largest absolute Gasteiger partial charge is 0.508 e. The fourth-order valence-electron chi connectivity index (χ4n) is 4.69. The van der Waals surface area contributed by atoms with Gasteiger partial charge in [0.15, 0.2) is 6.29 Å². The number of carbonyl (C=O) groups excluding carboxylic acids is 1. The number of hydrogen-bond donors (Lipinski definition) is 6. The molecule has 2 aliphatic heterocycles. The standard InChI is InChI=1S/C25H28O12/c1-11-16(35-18(28)7-4-12-2-5-13(27)6-3-12)8-14-15(23(32)33)10-34-24(19(11)14)37-25-22(31)21(30)20(29)17(9-26)36-25/h2-7,10,14,16-17,19-22,24-27,29-31H,1,8-9H2,(H,32,33)/b7-4+. The molecule has 1 saturated heterocycles. The number of carboxylic acids is 1. The predicted octanol–water partition coefficient (Wildman–Crippen LogP) is -0.349. The molecule has 37 heavy (non-hydrogen) atoms. The summed E-state index contributed by atoms with van der Waals surface area (Å²) in [5.41, 5.74) is 0.877. The highest BCUT2D eigenvalue weighted by Crippen LogP contribution is 2.47. The number of esters is 1. The maximum Gasteiger partial charge on any atom is 0.334 e. The second kappa shape index (κ2) is 11.0. The number of aromatic hydroxyl groups is 1. The van der Waals surface area contributed by atoms with Crippen LogP contribution in [0, 0.1) is 11.8 Å². The Kier molecular flexibility index (Phi) is 7.97. The molecule has 0 aromatic heterocycles.